The van der Waals surface area contributed by atoms with Gasteiger partial charge in [-0.05, 0) is 24.1 Å². The van der Waals surface area contributed by atoms with Crippen molar-refractivity contribution in [1.29, 1.82) is 0 Å². The fourth-order valence-corrected chi connectivity index (χ4v) is 2.39. The summed E-state index contributed by atoms with van der Waals surface area (Å²) < 4.78 is 5.63. The number of hydrogen-bond acceptors (Lipinski definition) is 4. The highest BCUT2D eigenvalue weighted by molar-refractivity contribution is 5.98. The van der Waals surface area contributed by atoms with Crippen LogP contribution >= 0.6 is 0 Å². The van der Waals surface area contributed by atoms with Gasteiger partial charge in [-0.15, -0.1) is 0 Å². The molecule has 0 bridgehead atoms. The summed E-state index contributed by atoms with van der Waals surface area (Å²) in [6.45, 7) is 7.68. The number of rotatable bonds is 5. The van der Waals surface area contributed by atoms with Crippen LogP contribution in [0.5, 0.6) is 0 Å². The Labute approximate surface area is 119 Å². The van der Waals surface area contributed by atoms with E-state index in [9.17, 15) is 9.59 Å². The van der Waals surface area contributed by atoms with Crippen LogP contribution in [0.25, 0.3) is 0 Å². The zero-order chi connectivity index (χ0) is 14.8. The van der Waals surface area contributed by atoms with E-state index in [-0.39, 0.29) is 23.8 Å². The average Bonchev–Trinajstić information content (AvgIpc) is 2.78. The van der Waals surface area contributed by atoms with Crippen LogP contribution in [0.1, 0.15) is 45.1 Å². The summed E-state index contributed by atoms with van der Waals surface area (Å²) in [6, 6.07) is 3.70. The number of imide groups is 1. The fourth-order valence-electron chi connectivity index (χ4n) is 2.39. The molecule has 1 N–H and O–H groups in total. The Morgan fingerprint density at radius 1 is 1.20 bits per heavy atom. The number of nitrogens with one attached hydrogen (secondary N) is 1. The third kappa shape index (κ3) is 3.48. The number of amides is 2. The molecule has 2 rings (SSSR count). The first-order chi connectivity index (χ1) is 9.41. The number of furan rings is 1. The van der Waals surface area contributed by atoms with Gasteiger partial charge in [-0.2, -0.15) is 0 Å². The van der Waals surface area contributed by atoms with E-state index >= 15 is 0 Å². The molecule has 5 nitrogen and oxygen atoms in total. The van der Waals surface area contributed by atoms with Crippen LogP contribution < -0.4 is 5.32 Å². The summed E-state index contributed by atoms with van der Waals surface area (Å²) in [4.78, 5) is 25.4. The van der Waals surface area contributed by atoms with Crippen molar-refractivity contribution >= 4 is 11.8 Å². The Bertz CT molecular complexity index is 485. The zero-order valence-corrected chi connectivity index (χ0v) is 12.4. The molecule has 2 amide bonds. The predicted molar refractivity (Wildman–Crippen MR) is 74.7 cm³/mol. The van der Waals surface area contributed by atoms with E-state index in [0.717, 1.165) is 12.3 Å². The van der Waals surface area contributed by atoms with Gasteiger partial charge in [0.25, 0.3) is 0 Å². The first-order valence-corrected chi connectivity index (χ1v) is 7.03. The maximum Gasteiger partial charge on any atom is 0.230 e. The zero-order valence-electron chi connectivity index (χ0n) is 12.4. The third-order valence-corrected chi connectivity index (χ3v) is 3.44. The van der Waals surface area contributed by atoms with E-state index in [1.54, 1.807) is 0 Å². The second kappa shape index (κ2) is 5.79. The number of hydrogen-bond donors (Lipinski definition) is 1. The van der Waals surface area contributed by atoms with Crippen molar-refractivity contribution in [3.63, 3.8) is 0 Å². The summed E-state index contributed by atoms with van der Waals surface area (Å²) in [6.07, 6.45) is 0.813. The van der Waals surface area contributed by atoms with E-state index in [1.807, 2.05) is 32.9 Å². The quantitative estimate of drug-likeness (QED) is 0.837. The second-order valence-electron chi connectivity index (χ2n) is 6.04. The number of carbonyl (C=O) groups is 2. The minimum atomic E-state index is -0.232. The lowest BCUT2D eigenvalue weighted by molar-refractivity contribution is -0.153. The van der Waals surface area contributed by atoms with E-state index in [0.29, 0.717) is 25.1 Å². The van der Waals surface area contributed by atoms with Crippen molar-refractivity contribution < 1.29 is 14.0 Å². The highest BCUT2D eigenvalue weighted by Crippen LogP contribution is 2.32. The van der Waals surface area contributed by atoms with Gasteiger partial charge in [-0.3, -0.25) is 14.5 Å². The molecule has 0 unspecified atom stereocenters. The molecular weight excluding hydrogens is 256 g/mol. The Balaban J connectivity index is 2.00. The maximum absolute atomic E-state index is 12.1. The Morgan fingerprint density at radius 3 is 2.40 bits per heavy atom. The van der Waals surface area contributed by atoms with Gasteiger partial charge in [-0.25, -0.2) is 0 Å². The number of likely N-dealkylation sites (tertiary alicyclic amines) is 1. The molecular formula is C15H22N2O3. The molecule has 20 heavy (non-hydrogen) atoms. The molecule has 5 heteroatoms. The minimum Gasteiger partial charge on any atom is -0.463 e. The van der Waals surface area contributed by atoms with Gasteiger partial charge in [0.2, 0.25) is 11.8 Å². The van der Waals surface area contributed by atoms with Crippen molar-refractivity contribution in [3.05, 3.63) is 23.7 Å². The smallest absolute Gasteiger partial charge is 0.230 e. The van der Waals surface area contributed by atoms with Crippen LogP contribution in [0.2, 0.25) is 0 Å². The van der Waals surface area contributed by atoms with Crippen LogP contribution in [0.3, 0.4) is 0 Å². The molecule has 1 aromatic rings. The van der Waals surface area contributed by atoms with Crippen molar-refractivity contribution in [3.8, 4) is 0 Å². The van der Waals surface area contributed by atoms with Crippen molar-refractivity contribution in [2.45, 2.75) is 46.7 Å². The molecule has 1 aliphatic heterocycles. The van der Waals surface area contributed by atoms with Gasteiger partial charge >= 0.3 is 0 Å². The van der Waals surface area contributed by atoms with Gasteiger partial charge < -0.3 is 9.73 Å². The summed E-state index contributed by atoms with van der Waals surface area (Å²) in [5.74, 6) is 1.24. The molecule has 0 atom stereocenters. The molecule has 0 saturated carbocycles. The monoisotopic (exact) mass is 278 g/mol. The molecule has 0 aliphatic carbocycles. The third-order valence-electron chi connectivity index (χ3n) is 3.44. The molecule has 0 spiro atoms. The molecule has 110 valence electrons. The Hall–Kier alpha value is -1.62. The predicted octanol–water partition coefficient (Wildman–Crippen LogP) is 2.06. The van der Waals surface area contributed by atoms with Crippen LogP contribution in [0.15, 0.2) is 16.5 Å². The molecule has 1 aromatic heterocycles. The van der Waals surface area contributed by atoms with E-state index in [4.69, 9.17) is 4.42 Å². The summed E-state index contributed by atoms with van der Waals surface area (Å²) in [5, 5.41) is 3.17. The van der Waals surface area contributed by atoms with Crippen molar-refractivity contribution in [2.75, 3.05) is 6.54 Å². The maximum atomic E-state index is 12.1. The normalized spacial score (nSPS) is 18.6. The van der Waals surface area contributed by atoms with Crippen LogP contribution in [0, 0.1) is 5.41 Å². The summed E-state index contributed by atoms with van der Waals surface area (Å²) in [5.41, 5.74) is -0.232. The molecule has 0 radical (unpaired) electrons. The number of carbonyl (C=O) groups excluding carboxylic acids is 2. The standard InChI is InChI=1S/C15H22N2O3/c1-4-16-9-11-5-6-12(20-11)10-17-13(18)7-15(2,3)8-14(17)19/h5-6,16H,4,7-10H2,1-3H3. The lowest BCUT2D eigenvalue weighted by atomic mass is 9.82. The summed E-state index contributed by atoms with van der Waals surface area (Å²) >= 11 is 0. The fraction of sp³-hybridized carbons (Fsp3) is 0.600. The highest BCUT2D eigenvalue weighted by Gasteiger charge is 2.37. The van der Waals surface area contributed by atoms with Crippen LogP contribution in [-0.2, 0) is 22.7 Å². The minimum absolute atomic E-state index is 0.115. The van der Waals surface area contributed by atoms with Crippen LogP contribution in [-0.4, -0.2) is 23.3 Å². The number of nitrogens with zero attached hydrogens (tertiary/aromatic N) is 1. The second-order valence-corrected chi connectivity index (χ2v) is 6.04. The topological polar surface area (TPSA) is 62.6 Å². The van der Waals surface area contributed by atoms with E-state index < -0.39 is 0 Å². The first kappa shape index (κ1) is 14.8. The van der Waals surface area contributed by atoms with Crippen molar-refractivity contribution in [2.24, 2.45) is 5.41 Å². The number of piperidine rings is 1. The average molecular weight is 278 g/mol. The van der Waals surface area contributed by atoms with Crippen molar-refractivity contribution in [1.82, 2.24) is 10.2 Å². The molecule has 1 aliphatic rings. The van der Waals surface area contributed by atoms with Gasteiger partial charge in [0.05, 0.1) is 13.1 Å². The van der Waals surface area contributed by atoms with Gasteiger partial charge in [0, 0.05) is 12.8 Å². The Kier molecular flexibility index (Phi) is 4.28. The SMILES string of the molecule is CCNCc1ccc(CN2C(=O)CC(C)(C)CC2=O)o1. The van der Waals surface area contributed by atoms with Gasteiger partial charge in [-0.1, -0.05) is 20.8 Å². The molecule has 0 aromatic carbocycles. The van der Waals surface area contributed by atoms with Gasteiger partial charge in [0.1, 0.15) is 11.5 Å². The molecule has 1 saturated heterocycles. The van der Waals surface area contributed by atoms with E-state index in [1.165, 1.54) is 4.90 Å². The first-order valence-electron chi connectivity index (χ1n) is 7.03. The lowest BCUT2D eigenvalue weighted by Gasteiger charge is -2.34. The summed E-state index contributed by atoms with van der Waals surface area (Å²) in [7, 11) is 0. The van der Waals surface area contributed by atoms with Gasteiger partial charge in [0.15, 0.2) is 0 Å². The van der Waals surface area contributed by atoms with Crippen LogP contribution in [0.4, 0.5) is 0 Å². The molecule has 1 fully saturated rings. The highest BCUT2D eigenvalue weighted by atomic mass is 16.3. The van der Waals surface area contributed by atoms with E-state index in [2.05, 4.69) is 5.32 Å². The Morgan fingerprint density at radius 2 is 1.80 bits per heavy atom. The lowest BCUT2D eigenvalue weighted by Crippen LogP contribution is -2.45. The largest absolute Gasteiger partial charge is 0.463 e. The molecule has 2 heterocycles.